The molecule has 3 aromatic carbocycles. The van der Waals surface area contributed by atoms with Crippen LogP contribution in [0.5, 0.6) is 5.75 Å². The number of hydrazone groups is 1. The summed E-state index contributed by atoms with van der Waals surface area (Å²) < 4.78 is 5.95. The Morgan fingerprint density at radius 3 is 2.45 bits per heavy atom. The van der Waals surface area contributed by atoms with Gasteiger partial charge in [-0.3, -0.25) is 4.79 Å². The maximum atomic E-state index is 12.4. The minimum Gasteiger partial charge on any atom is -0.489 e. The van der Waals surface area contributed by atoms with Crippen molar-refractivity contribution in [3.05, 3.63) is 101 Å². The van der Waals surface area contributed by atoms with Gasteiger partial charge in [-0.15, -0.1) is 0 Å². The number of carbonyl (C=O) groups is 1. The number of rotatable bonds is 8. The Morgan fingerprint density at radius 1 is 1.00 bits per heavy atom. The molecule has 0 radical (unpaired) electrons. The second-order valence-electron chi connectivity index (χ2n) is 7.42. The molecule has 0 bridgehead atoms. The maximum Gasteiger partial charge on any atom is 0.244 e. The summed E-state index contributed by atoms with van der Waals surface area (Å²) >= 11 is 0. The van der Waals surface area contributed by atoms with Crippen molar-refractivity contribution in [3.8, 4) is 5.75 Å². The minimum absolute atomic E-state index is 0.149. The van der Waals surface area contributed by atoms with E-state index in [1.807, 2.05) is 85.8 Å². The summed E-state index contributed by atoms with van der Waals surface area (Å²) in [5.41, 5.74) is 7.80. The molecule has 0 aliphatic heterocycles. The molecule has 0 unspecified atom stereocenters. The number of amides is 1. The van der Waals surface area contributed by atoms with Crippen LogP contribution >= 0.6 is 0 Å². The van der Waals surface area contributed by atoms with Crippen molar-refractivity contribution in [2.45, 2.75) is 26.4 Å². The molecule has 5 heteroatoms. The maximum absolute atomic E-state index is 12.4. The summed E-state index contributed by atoms with van der Waals surface area (Å²) in [6, 6.07) is 26.0. The van der Waals surface area contributed by atoms with Crippen molar-refractivity contribution in [1.82, 2.24) is 10.4 Å². The van der Waals surface area contributed by atoms with Crippen LogP contribution < -0.4 is 10.2 Å². The second kappa shape index (κ2) is 9.76. The number of aryl methyl sites for hydroxylation is 1. The number of hydrogen-bond acceptors (Lipinski definition) is 3. The first kappa shape index (κ1) is 20.4. The third kappa shape index (κ3) is 5.39. The van der Waals surface area contributed by atoms with Crippen LogP contribution in [0.25, 0.3) is 10.9 Å². The van der Waals surface area contributed by atoms with Crippen LogP contribution in [-0.2, 0) is 24.2 Å². The number of hydrogen-bond donors (Lipinski definition) is 2. The summed E-state index contributed by atoms with van der Waals surface area (Å²) in [5.74, 6) is 0.627. The Bertz CT molecular complexity index is 1180. The Morgan fingerprint density at radius 2 is 1.71 bits per heavy atom. The molecule has 0 aliphatic rings. The quantitative estimate of drug-likeness (QED) is 0.318. The fourth-order valence-electron chi connectivity index (χ4n) is 3.50. The zero-order valence-electron chi connectivity index (χ0n) is 17.5. The van der Waals surface area contributed by atoms with E-state index in [4.69, 9.17) is 4.74 Å². The number of aromatic amines is 1. The number of carbonyl (C=O) groups excluding carboxylic acids is 1. The monoisotopic (exact) mass is 411 g/mol. The predicted octanol–water partition coefficient (Wildman–Crippen LogP) is 4.94. The molecule has 0 atom stereocenters. The largest absolute Gasteiger partial charge is 0.489 e. The van der Waals surface area contributed by atoms with Gasteiger partial charge in [-0.1, -0.05) is 60.7 Å². The van der Waals surface area contributed by atoms with Gasteiger partial charge in [0.25, 0.3) is 0 Å². The van der Waals surface area contributed by atoms with Crippen molar-refractivity contribution < 1.29 is 9.53 Å². The molecule has 0 fully saturated rings. The normalized spacial score (nSPS) is 11.1. The molecule has 1 aromatic heterocycles. The van der Waals surface area contributed by atoms with Crippen LogP contribution in [0.15, 0.2) is 84.0 Å². The van der Waals surface area contributed by atoms with Crippen molar-refractivity contribution in [2.75, 3.05) is 0 Å². The topological polar surface area (TPSA) is 66.5 Å². The van der Waals surface area contributed by atoms with Gasteiger partial charge in [0.15, 0.2) is 0 Å². The summed E-state index contributed by atoms with van der Waals surface area (Å²) in [6.07, 6.45) is 2.64. The Kier molecular flexibility index (Phi) is 6.43. The summed E-state index contributed by atoms with van der Waals surface area (Å²) in [5, 5.41) is 5.07. The third-order valence-electron chi connectivity index (χ3n) is 5.13. The van der Waals surface area contributed by atoms with Crippen LogP contribution in [-0.4, -0.2) is 17.1 Å². The molecule has 0 aliphatic carbocycles. The smallest absolute Gasteiger partial charge is 0.244 e. The summed E-state index contributed by atoms with van der Waals surface area (Å²) in [7, 11) is 0. The van der Waals surface area contributed by atoms with Crippen molar-refractivity contribution in [3.63, 3.8) is 0 Å². The predicted molar refractivity (Wildman–Crippen MR) is 124 cm³/mol. The number of nitrogens with zero attached hydrogens (tertiary/aromatic N) is 1. The van der Waals surface area contributed by atoms with Crippen LogP contribution in [0.2, 0.25) is 0 Å². The van der Waals surface area contributed by atoms with E-state index in [9.17, 15) is 4.79 Å². The summed E-state index contributed by atoms with van der Waals surface area (Å²) in [4.78, 5) is 15.8. The first-order valence-electron chi connectivity index (χ1n) is 10.3. The van der Waals surface area contributed by atoms with Crippen molar-refractivity contribution in [2.24, 2.45) is 5.10 Å². The molecular formula is C26H25N3O2. The minimum atomic E-state index is -0.149. The lowest BCUT2D eigenvalue weighted by Crippen LogP contribution is -2.20. The molecular weight excluding hydrogens is 386 g/mol. The summed E-state index contributed by atoms with van der Waals surface area (Å²) in [6.45, 7) is 2.48. The third-order valence-corrected chi connectivity index (χ3v) is 5.13. The zero-order chi connectivity index (χ0) is 21.5. The lowest BCUT2D eigenvalue weighted by Gasteiger charge is -2.07. The van der Waals surface area contributed by atoms with Crippen LogP contribution in [0, 0.1) is 6.92 Å². The number of nitrogens with one attached hydrogen (secondary N) is 2. The lowest BCUT2D eigenvalue weighted by atomic mass is 10.1. The highest BCUT2D eigenvalue weighted by Crippen LogP contribution is 2.27. The molecule has 5 nitrogen and oxygen atoms in total. The van der Waals surface area contributed by atoms with Gasteiger partial charge in [0.2, 0.25) is 5.91 Å². The van der Waals surface area contributed by atoms with E-state index >= 15 is 0 Å². The fraction of sp³-hybridized carbons (Fsp3) is 0.154. The van der Waals surface area contributed by atoms with E-state index < -0.39 is 0 Å². The average molecular weight is 412 g/mol. The standard InChI is InChI=1S/C26H25N3O2/c1-19-23(17-26(30)29-27-15-14-20-8-4-2-5-9-20)24-16-22(12-13-25(24)28-19)31-18-21-10-6-3-7-11-21/h2-13,15-16,28H,14,17-18H2,1H3,(H,29,30)/b27-15+. The Labute approximate surface area is 181 Å². The molecule has 4 rings (SSSR count). The van der Waals surface area contributed by atoms with Gasteiger partial charge in [-0.25, -0.2) is 5.43 Å². The Hall–Kier alpha value is -3.86. The van der Waals surface area contributed by atoms with Gasteiger partial charge in [-0.2, -0.15) is 5.10 Å². The Balaban J connectivity index is 1.40. The molecule has 1 amide bonds. The first-order chi connectivity index (χ1) is 15.2. The van der Waals surface area contributed by atoms with E-state index in [-0.39, 0.29) is 12.3 Å². The molecule has 1 heterocycles. The van der Waals surface area contributed by atoms with Crippen LogP contribution in [0.1, 0.15) is 22.4 Å². The van der Waals surface area contributed by atoms with E-state index in [1.165, 1.54) is 0 Å². The number of ether oxygens (including phenoxy) is 1. The zero-order valence-corrected chi connectivity index (χ0v) is 17.5. The molecule has 31 heavy (non-hydrogen) atoms. The number of aromatic nitrogens is 1. The number of benzene rings is 3. The fourth-order valence-corrected chi connectivity index (χ4v) is 3.50. The molecule has 4 aromatic rings. The van der Waals surface area contributed by atoms with Crippen LogP contribution in [0.4, 0.5) is 0 Å². The van der Waals surface area contributed by atoms with Gasteiger partial charge >= 0.3 is 0 Å². The molecule has 0 spiro atoms. The SMILES string of the molecule is Cc1[nH]c2ccc(OCc3ccccc3)cc2c1CC(=O)N/N=C/Cc1ccccc1. The van der Waals surface area contributed by atoms with Crippen molar-refractivity contribution >= 4 is 23.0 Å². The second-order valence-corrected chi connectivity index (χ2v) is 7.42. The van der Waals surface area contributed by atoms with Gasteiger partial charge in [0.05, 0.1) is 6.42 Å². The van der Waals surface area contributed by atoms with Gasteiger partial charge in [0.1, 0.15) is 12.4 Å². The van der Waals surface area contributed by atoms with E-state index in [1.54, 1.807) is 6.21 Å². The van der Waals surface area contributed by atoms with E-state index in [2.05, 4.69) is 15.5 Å². The highest BCUT2D eigenvalue weighted by molar-refractivity contribution is 5.91. The van der Waals surface area contributed by atoms with Gasteiger partial charge < -0.3 is 9.72 Å². The van der Waals surface area contributed by atoms with Crippen LogP contribution in [0.3, 0.4) is 0 Å². The first-order valence-corrected chi connectivity index (χ1v) is 10.3. The highest BCUT2D eigenvalue weighted by atomic mass is 16.5. The average Bonchev–Trinajstić information content (AvgIpc) is 3.11. The molecule has 156 valence electrons. The molecule has 0 saturated heterocycles. The highest BCUT2D eigenvalue weighted by Gasteiger charge is 2.13. The van der Waals surface area contributed by atoms with E-state index in [0.29, 0.717) is 13.0 Å². The number of H-pyrrole nitrogens is 1. The molecule has 2 N–H and O–H groups in total. The molecule has 0 saturated carbocycles. The van der Waals surface area contributed by atoms with Crippen molar-refractivity contribution in [1.29, 1.82) is 0 Å². The lowest BCUT2D eigenvalue weighted by molar-refractivity contribution is -0.120. The van der Waals surface area contributed by atoms with Gasteiger partial charge in [-0.05, 0) is 41.8 Å². The van der Waals surface area contributed by atoms with Gasteiger partial charge in [0, 0.05) is 29.2 Å². The number of fused-ring (bicyclic) bond motifs is 1. The van der Waals surface area contributed by atoms with E-state index in [0.717, 1.165) is 39.0 Å².